The molecule has 0 aliphatic heterocycles. The maximum atomic E-state index is 11.5. The number of aliphatic hydroxyl groups excluding tert-OH is 1. The maximum Gasteiger partial charge on any atom is 0.330 e. The highest BCUT2D eigenvalue weighted by Gasteiger charge is 2.22. The van der Waals surface area contributed by atoms with E-state index < -0.39 is 17.9 Å². The minimum atomic E-state index is -1.15. The lowest BCUT2D eigenvalue weighted by Gasteiger charge is -2.15. The summed E-state index contributed by atoms with van der Waals surface area (Å²) in [6, 6.07) is 5.39. The molecular weight excluding hydrogens is 250 g/mol. The summed E-state index contributed by atoms with van der Waals surface area (Å²) in [6.07, 6.45) is 0.389. The van der Waals surface area contributed by atoms with Gasteiger partial charge < -0.3 is 20.3 Å². The SMILES string of the molecule is COc1cccc(C(NC(=O)CCCO)C(=O)O)c1. The van der Waals surface area contributed by atoms with Crippen molar-refractivity contribution in [3.63, 3.8) is 0 Å². The molecule has 6 nitrogen and oxygen atoms in total. The number of rotatable bonds is 7. The van der Waals surface area contributed by atoms with E-state index in [1.165, 1.54) is 7.11 Å². The molecule has 1 unspecified atom stereocenters. The van der Waals surface area contributed by atoms with Gasteiger partial charge in [0.1, 0.15) is 5.75 Å². The Labute approximate surface area is 111 Å². The standard InChI is InChI=1S/C13H17NO5/c1-19-10-5-2-4-9(8-10)12(13(17)18)14-11(16)6-3-7-15/h2,4-5,8,12,15H,3,6-7H2,1H3,(H,14,16)(H,17,18). The Kier molecular flexibility index (Phi) is 5.81. The first-order valence-corrected chi connectivity index (χ1v) is 5.85. The fourth-order valence-electron chi connectivity index (χ4n) is 1.58. The molecule has 0 bridgehead atoms. The number of aliphatic hydroxyl groups is 1. The molecule has 0 aliphatic rings. The van der Waals surface area contributed by atoms with Crippen LogP contribution in [-0.2, 0) is 9.59 Å². The summed E-state index contributed by atoms with van der Waals surface area (Å²) >= 11 is 0. The number of hydrogen-bond donors (Lipinski definition) is 3. The van der Waals surface area contributed by atoms with Crippen LogP contribution in [0.15, 0.2) is 24.3 Å². The normalized spacial score (nSPS) is 11.7. The van der Waals surface area contributed by atoms with Gasteiger partial charge in [0.05, 0.1) is 7.11 Å². The van der Waals surface area contributed by atoms with Gasteiger partial charge in [-0.25, -0.2) is 4.79 Å². The molecule has 1 atom stereocenters. The lowest BCUT2D eigenvalue weighted by Crippen LogP contribution is -2.33. The zero-order valence-corrected chi connectivity index (χ0v) is 10.6. The van der Waals surface area contributed by atoms with Gasteiger partial charge in [-0.2, -0.15) is 0 Å². The predicted octanol–water partition coefficient (Wildman–Crippen LogP) is 0.710. The molecule has 0 heterocycles. The van der Waals surface area contributed by atoms with E-state index in [-0.39, 0.29) is 13.0 Å². The Hall–Kier alpha value is -2.08. The topological polar surface area (TPSA) is 95.9 Å². The number of nitrogens with one attached hydrogen (secondary N) is 1. The summed E-state index contributed by atoms with van der Waals surface area (Å²) in [6.45, 7) is -0.107. The molecule has 1 aromatic rings. The van der Waals surface area contributed by atoms with Gasteiger partial charge in [-0.1, -0.05) is 12.1 Å². The van der Waals surface area contributed by atoms with Crippen LogP contribution in [0.5, 0.6) is 5.75 Å². The molecule has 1 amide bonds. The van der Waals surface area contributed by atoms with Gasteiger partial charge in [0.15, 0.2) is 6.04 Å². The fraction of sp³-hybridized carbons (Fsp3) is 0.385. The zero-order valence-electron chi connectivity index (χ0n) is 10.6. The number of ether oxygens (including phenoxy) is 1. The van der Waals surface area contributed by atoms with E-state index >= 15 is 0 Å². The van der Waals surface area contributed by atoms with E-state index in [1.807, 2.05) is 0 Å². The molecule has 0 fully saturated rings. The quantitative estimate of drug-likeness (QED) is 0.676. The first-order valence-electron chi connectivity index (χ1n) is 5.85. The van der Waals surface area contributed by atoms with E-state index in [1.54, 1.807) is 24.3 Å². The largest absolute Gasteiger partial charge is 0.497 e. The summed E-state index contributed by atoms with van der Waals surface area (Å²) in [5.74, 6) is -1.04. The van der Waals surface area contributed by atoms with Crippen molar-refractivity contribution in [2.75, 3.05) is 13.7 Å². The molecule has 6 heteroatoms. The smallest absolute Gasteiger partial charge is 0.330 e. The van der Waals surface area contributed by atoms with Crippen LogP contribution in [0.25, 0.3) is 0 Å². The number of hydrogen-bond acceptors (Lipinski definition) is 4. The molecule has 0 aliphatic carbocycles. The second-order valence-corrected chi connectivity index (χ2v) is 3.94. The highest BCUT2D eigenvalue weighted by atomic mass is 16.5. The van der Waals surface area contributed by atoms with Crippen LogP contribution in [0.2, 0.25) is 0 Å². The van der Waals surface area contributed by atoms with Crippen molar-refractivity contribution in [1.29, 1.82) is 0 Å². The summed E-state index contributed by atoms with van der Waals surface area (Å²) in [5.41, 5.74) is 0.434. The predicted molar refractivity (Wildman–Crippen MR) is 67.8 cm³/mol. The van der Waals surface area contributed by atoms with Crippen molar-refractivity contribution in [3.8, 4) is 5.75 Å². The van der Waals surface area contributed by atoms with Gasteiger partial charge in [0, 0.05) is 13.0 Å². The summed E-state index contributed by atoms with van der Waals surface area (Å²) in [7, 11) is 1.48. The Bertz CT molecular complexity index is 446. The number of aliphatic carboxylic acids is 1. The monoisotopic (exact) mass is 267 g/mol. The average Bonchev–Trinajstić information content (AvgIpc) is 2.42. The molecule has 0 saturated heterocycles. The molecule has 3 N–H and O–H groups in total. The minimum Gasteiger partial charge on any atom is -0.497 e. The summed E-state index contributed by atoms with van der Waals surface area (Å²) < 4.78 is 5.02. The Morgan fingerprint density at radius 1 is 1.42 bits per heavy atom. The maximum absolute atomic E-state index is 11.5. The van der Waals surface area contributed by atoms with Crippen LogP contribution in [-0.4, -0.2) is 35.8 Å². The van der Waals surface area contributed by atoms with Crippen LogP contribution in [0.1, 0.15) is 24.4 Å². The van der Waals surface area contributed by atoms with E-state index in [2.05, 4.69) is 5.32 Å². The summed E-state index contributed by atoms with van der Waals surface area (Å²) in [5, 5.41) is 20.2. The number of amides is 1. The van der Waals surface area contributed by atoms with Gasteiger partial charge in [-0.15, -0.1) is 0 Å². The second kappa shape index (κ2) is 7.38. The van der Waals surface area contributed by atoms with E-state index in [9.17, 15) is 9.59 Å². The van der Waals surface area contributed by atoms with Crippen molar-refractivity contribution in [2.24, 2.45) is 0 Å². The number of carbonyl (C=O) groups is 2. The Morgan fingerprint density at radius 2 is 2.16 bits per heavy atom. The second-order valence-electron chi connectivity index (χ2n) is 3.94. The number of benzene rings is 1. The molecule has 1 rings (SSSR count). The van der Waals surface area contributed by atoms with Gasteiger partial charge in [-0.05, 0) is 24.1 Å². The molecule has 0 aromatic heterocycles. The number of carboxylic acid groups (broad SMARTS) is 1. The molecule has 0 saturated carbocycles. The molecule has 1 aromatic carbocycles. The highest BCUT2D eigenvalue weighted by Crippen LogP contribution is 2.19. The molecule has 0 radical (unpaired) electrons. The number of carbonyl (C=O) groups excluding carboxylic acids is 1. The third-order valence-corrected chi connectivity index (χ3v) is 2.54. The first kappa shape index (κ1) is 15.0. The third kappa shape index (κ3) is 4.59. The lowest BCUT2D eigenvalue weighted by atomic mass is 10.1. The Balaban J connectivity index is 2.82. The van der Waals surface area contributed by atoms with E-state index in [4.69, 9.17) is 14.9 Å². The zero-order chi connectivity index (χ0) is 14.3. The van der Waals surface area contributed by atoms with Crippen LogP contribution < -0.4 is 10.1 Å². The van der Waals surface area contributed by atoms with Gasteiger partial charge in [-0.3, -0.25) is 4.79 Å². The van der Waals surface area contributed by atoms with E-state index in [0.717, 1.165) is 0 Å². The average molecular weight is 267 g/mol. The van der Waals surface area contributed by atoms with Crippen LogP contribution in [0.4, 0.5) is 0 Å². The lowest BCUT2D eigenvalue weighted by molar-refractivity contribution is -0.142. The van der Waals surface area contributed by atoms with Crippen molar-refractivity contribution < 1.29 is 24.5 Å². The molecular formula is C13H17NO5. The van der Waals surface area contributed by atoms with Crippen molar-refractivity contribution in [3.05, 3.63) is 29.8 Å². The summed E-state index contributed by atoms with van der Waals surface area (Å²) in [4.78, 5) is 22.7. The molecule has 0 spiro atoms. The third-order valence-electron chi connectivity index (χ3n) is 2.54. The Morgan fingerprint density at radius 3 is 2.74 bits per heavy atom. The first-order chi connectivity index (χ1) is 9.08. The van der Waals surface area contributed by atoms with Crippen LogP contribution in [0.3, 0.4) is 0 Å². The van der Waals surface area contributed by atoms with Crippen molar-refractivity contribution in [2.45, 2.75) is 18.9 Å². The van der Waals surface area contributed by atoms with Gasteiger partial charge >= 0.3 is 5.97 Å². The molecule has 104 valence electrons. The molecule has 19 heavy (non-hydrogen) atoms. The minimum absolute atomic E-state index is 0.0875. The number of carboxylic acids is 1. The van der Waals surface area contributed by atoms with Crippen molar-refractivity contribution in [1.82, 2.24) is 5.32 Å². The van der Waals surface area contributed by atoms with Gasteiger partial charge in [0.25, 0.3) is 0 Å². The van der Waals surface area contributed by atoms with E-state index in [0.29, 0.717) is 17.7 Å². The van der Waals surface area contributed by atoms with Crippen LogP contribution in [0, 0.1) is 0 Å². The van der Waals surface area contributed by atoms with Crippen LogP contribution >= 0.6 is 0 Å². The van der Waals surface area contributed by atoms with Crippen molar-refractivity contribution >= 4 is 11.9 Å². The fourth-order valence-corrected chi connectivity index (χ4v) is 1.58. The number of methoxy groups -OCH3 is 1. The van der Waals surface area contributed by atoms with Gasteiger partial charge in [0.2, 0.25) is 5.91 Å². The highest BCUT2D eigenvalue weighted by molar-refractivity contribution is 5.84.